The van der Waals surface area contributed by atoms with Crippen LogP contribution in [0.3, 0.4) is 0 Å². The fraction of sp³-hybridized carbons (Fsp3) is 0.154. The molecule has 0 heterocycles. The van der Waals surface area contributed by atoms with Crippen molar-refractivity contribution in [3.8, 4) is 0 Å². The van der Waals surface area contributed by atoms with E-state index in [1.165, 1.54) is 27.8 Å². The van der Waals surface area contributed by atoms with Gasteiger partial charge in [0.1, 0.15) is 0 Å². The maximum Gasteiger partial charge on any atom is 0.0664 e. The number of hydrogen-bond acceptors (Lipinski definition) is 0. The standard InChI is InChI=1S/C26H24/c1-21-17-19-25(20-18-21)26(22-11-5-2-6-12-22,23-13-7-3-8-14-23)24-15-9-4-10-16-24/h2-17,19H,18,20H2,1H3. The summed E-state index contributed by atoms with van der Waals surface area (Å²) in [6, 6.07) is 32.8. The van der Waals surface area contributed by atoms with Crippen molar-refractivity contribution in [3.63, 3.8) is 0 Å². The third-order valence-electron chi connectivity index (χ3n) is 5.46. The molecule has 128 valence electrons. The molecule has 26 heavy (non-hydrogen) atoms. The largest absolute Gasteiger partial charge is 0.0730 e. The molecule has 0 saturated heterocycles. The van der Waals surface area contributed by atoms with E-state index in [0.717, 1.165) is 12.8 Å². The zero-order chi connectivity index (χ0) is 17.8. The van der Waals surface area contributed by atoms with Gasteiger partial charge in [0, 0.05) is 0 Å². The maximum absolute atomic E-state index is 2.35. The average molecular weight is 336 g/mol. The zero-order valence-corrected chi connectivity index (χ0v) is 15.2. The summed E-state index contributed by atoms with van der Waals surface area (Å²) in [7, 11) is 0. The first kappa shape index (κ1) is 16.6. The Balaban J connectivity index is 2.08. The number of allylic oxidation sites excluding steroid dienone is 4. The van der Waals surface area contributed by atoms with Gasteiger partial charge in [-0.3, -0.25) is 0 Å². The molecule has 1 aliphatic rings. The molecule has 0 N–H and O–H groups in total. The Morgan fingerprint density at radius 3 is 1.31 bits per heavy atom. The lowest BCUT2D eigenvalue weighted by atomic mass is 9.63. The fourth-order valence-corrected chi connectivity index (χ4v) is 4.17. The van der Waals surface area contributed by atoms with Crippen molar-refractivity contribution in [2.45, 2.75) is 25.2 Å². The van der Waals surface area contributed by atoms with Crippen LogP contribution in [0.15, 0.2) is 114 Å². The van der Waals surface area contributed by atoms with Crippen molar-refractivity contribution in [2.24, 2.45) is 0 Å². The molecular weight excluding hydrogens is 312 g/mol. The molecule has 0 atom stereocenters. The van der Waals surface area contributed by atoms with Crippen molar-refractivity contribution in [2.75, 3.05) is 0 Å². The summed E-state index contributed by atoms with van der Waals surface area (Å²) in [4.78, 5) is 0. The molecule has 3 aromatic rings. The number of rotatable bonds is 4. The Morgan fingerprint density at radius 1 is 0.538 bits per heavy atom. The molecule has 0 heteroatoms. The number of benzene rings is 3. The Kier molecular flexibility index (Phi) is 4.58. The highest BCUT2D eigenvalue weighted by atomic mass is 14.4. The van der Waals surface area contributed by atoms with Crippen LogP contribution in [0.2, 0.25) is 0 Å². The van der Waals surface area contributed by atoms with E-state index in [-0.39, 0.29) is 5.41 Å². The van der Waals surface area contributed by atoms with Crippen LogP contribution in [0.25, 0.3) is 0 Å². The van der Waals surface area contributed by atoms with E-state index in [9.17, 15) is 0 Å². The molecule has 0 aliphatic heterocycles. The summed E-state index contributed by atoms with van der Waals surface area (Å²) in [5, 5.41) is 0. The second-order valence-corrected chi connectivity index (χ2v) is 7.05. The predicted octanol–water partition coefficient (Wildman–Crippen LogP) is 6.69. The fourth-order valence-electron chi connectivity index (χ4n) is 4.17. The van der Waals surface area contributed by atoms with E-state index in [2.05, 4.69) is 110 Å². The molecule has 0 amide bonds. The van der Waals surface area contributed by atoms with Crippen LogP contribution >= 0.6 is 0 Å². The summed E-state index contributed by atoms with van der Waals surface area (Å²) in [6.07, 6.45) is 6.86. The SMILES string of the molecule is CC1=CC=C(C(c2ccccc2)(c2ccccc2)c2ccccc2)CC1. The summed E-state index contributed by atoms with van der Waals surface area (Å²) < 4.78 is 0. The second kappa shape index (κ2) is 7.17. The third-order valence-corrected chi connectivity index (χ3v) is 5.46. The van der Waals surface area contributed by atoms with Gasteiger partial charge in [-0.1, -0.05) is 114 Å². The second-order valence-electron chi connectivity index (χ2n) is 7.05. The zero-order valence-electron chi connectivity index (χ0n) is 15.2. The predicted molar refractivity (Wildman–Crippen MR) is 110 cm³/mol. The van der Waals surface area contributed by atoms with Gasteiger partial charge in [0.05, 0.1) is 5.41 Å². The molecule has 0 bridgehead atoms. The van der Waals surface area contributed by atoms with Crippen LogP contribution in [0.1, 0.15) is 36.5 Å². The highest BCUT2D eigenvalue weighted by Crippen LogP contribution is 2.47. The lowest BCUT2D eigenvalue weighted by Crippen LogP contribution is -2.32. The molecule has 1 aliphatic carbocycles. The Hall–Kier alpha value is -2.86. The minimum atomic E-state index is -0.249. The van der Waals surface area contributed by atoms with Crippen LogP contribution in [-0.2, 0) is 5.41 Å². The molecular formula is C26H24. The van der Waals surface area contributed by atoms with Crippen molar-refractivity contribution >= 4 is 0 Å². The van der Waals surface area contributed by atoms with Crippen molar-refractivity contribution in [3.05, 3.63) is 131 Å². The third kappa shape index (κ3) is 2.82. The summed E-state index contributed by atoms with van der Waals surface area (Å²) >= 11 is 0. The van der Waals surface area contributed by atoms with Crippen molar-refractivity contribution < 1.29 is 0 Å². The van der Waals surface area contributed by atoms with Gasteiger partial charge >= 0.3 is 0 Å². The summed E-state index contributed by atoms with van der Waals surface area (Å²) in [5.74, 6) is 0. The van der Waals surface area contributed by atoms with E-state index in [1.807, 2.05) is 0 Å². The maximum atomic E-state index is 2.35. The number of hydrogen-bond donors (Lipinski definition) is 0. The molecule has 0 aromatic heterocycles. The van der Waals surface area contributed by atoms with Crippen LogP contribution in [-0.4, -0.2) is 0 Å². The molecule has 0 nitrogen and oxygen atoms in total. The quantitative estimate of drug-likeness (QED) is 0.466. The minimum absolute atomic E-state index is 0.249. The molecule has 0 fully saturated rings. The van der Waals surface area contributed by atoms with Gasteiger partial charge < -0.3 is 0 Å². The minimum Gasteiger partial charge on any atom is -0.0730 e. The van der Waals surface area contributed by atoms with Gasteiger partial charge in [-0.15, -0.1) is 0 Å². The monoisotopic (exact) mass is 336 g/mol. The van der Waals surface area contributed by atoms with Crippen molar-refractivity contribution in [1.29, 1.82) is 0 Å². The van der Waals surface area contributed by atoms with Crippen LogP contribution < -0.4 is 0 Å². The van der Waals surface area contributed by atoms with E-state index >= 15 is 0 Å². The van der Waals surface area contributed by atoms with E-state index in [4.69, 9.17) is 0 Å². The molecule has 0 saturated carbocycles. The van der Waals surface area contributed by atoms with Gasteiger partial charge in [-0.2, -0.15) is 0 Å². The van der Waals surface area contributed by atoms with Gasteiger partial charge in [0.15, 0.2) is 0 Å². The Labute approximate surface area is 156 Å². The van der Waals surface area contributed by atoms with Gasteiger partial charge in [0.2, 0.25) is 0 Å². The van der Waals surface area contributed by atoms with Crippen molar-refractivity contribution in [1.82, 2.24) is 0 Å². The first-order valence-electron chi connectivity index (χ1n) is 9.35. The first-order valence-corrected chi connectivity index (χ1v) is 9.35. The van der Waals surface area contributed by atoms with E-state index in [1.54, 1.807) is 0 Å². The molecule has 0 spiro atoms. The topological polar surface area (TPSA) is 0 Å². The smallest absolute Gasteiger partial charge is 0.0664 e. The van der Waals surface area contributed by atoms with E-state index < -0.39 is 0 Å². The van der Waals surface area contributed by atoms with Gasteiger partial charge in [-0.05, 0) is 36.5 Å². The Bertz CT molecular complexity index is 819. The lowest BCUT2D eigenvalue weighted by molar-refractivity contribution is 0.669. The highest BCUT2D eigenvalue weighted by Gasteiger charge is 2.39. The molecule has 0 radical (unpaired) electrons. The molecule has 0 unspecified atom stereocenters. The van der Waals surface area contributed by atoms with Crippen LogP contribution in [0, 0.1) is 0 Å². The summed E-state index contributed by atoms with van der Waals surface area (Å²) in [5.41, 5.74) is 6.66. The normalized spacial score (nSPS) is 14.5. The molecule has 4 rings (SSSR count). The van der Waals surface area contributed by atoms with E-state index in [0.29, 0.717) is 0 Å². The lowest BCUT2D eigenvalue weighted by Gasteiger charge is -2.39. The first-order chi connectivity index (χ1) is 12.8. The van der Waals surface area contributed by atoms with Gasteiger partial charge in [0.25, 0.3) is 0 Å². The average Bonchev–Trinajstić information content (AvgIpc) is 2.72. The molecule has 3 aromatic carbocycles. The van der Waals surface area contributed by atoms with Crippen LogP contribution in [0.4, 0.5) is 0 Å². The summed E-state index contributed by atoms with van der Waals surface area (Å²) in [6.45, 7) is 2.22. The Morgan fingerprint density at radius 2 is 0.962 bits per heavy atom. The van der Waals surface area contributed by atoms with Crippen LogP contribution in [0.5, 0.6) is 0 Å². The van der Waals surface area contributed by atoms with Gasteiger partial charge in [-0.25, -0.2) is 0 Å². The highest BCUT2D eigenvalue weighted by molar-refractivity contribution is 5.59.